The summed E-state index contributed by atoms with van der Waals surface area (Å²) < 4.78 is 179. The highest BCUT2D eigenvalue weighted by Crippen LogP contribution is 2.52. The number of hydrogen-bond donors (Lipinski definition) is 2. The van der Waals surface area contributed by atoms with Crippen LogP contribution in [0, 0.1) is 39.3 Å². The summed E-state index contributed by atoms with van der Waals surface area (Å²) in [5, 5.41) is 23.2. The number of fused-ring (bicyclic) bond motifs is 8. The molecule has 16 nitrogen and oxygen atoms in total. The number of rotatable bonds is 4. The third-order valence-corrected chi connectivity index (χ3v) is 17.3. The fraction of sp³-hybridized carbons (Fsp3) is 0.385. The van der Waals surface area contributed by atoms with Crippen LogP contribution in [0.2, 0.25) is 0 Å². The molecule has 1 fully saturated rings. The Kier molecular flexibility index (Phi) is 13.7. The summed E-state index contributed by atoms with van der Waals surface area (Å²) in [4.78, 5) is 0. The van der Waals surface area contributed by atoms with Gasteiger partial charge in [0.2, 0.25) is 20.0 Å². The molecule has 80 heavy (non-hydrogen) atoms. The van der Waals surface area contributed by atoms with Crippen molar-refractivity contribution in [2.75, 3.05) is 23.1 Å². The van der Waals surface area contributed by atoms with E-state index in [1.54, 1.807) is 47.6 Å². The second-order valence-electron chi connectivity index (χ2n) is 22.1. The van der Waals surface area contributed by atoms with Crippen molar-refractivity contribution in [3.8, 4) is 22.5 Å². The lowest BCUT2D eigenvalue weighted by Gasteiger charge is -2.37. The third kappa shape index (κ3) is 9.84. The van der Waals surface area contributed by atoms with Crippen LogP contribution in [0.3, 0.4) is 0 Å². The van der Waals surface area contributed by atoms with Crippen molar-refractivity contribution in [2.24, 2.45) is 0 Å². The fourth-order valence-corrected chi connectivity index (χ4v) is 12.6. The molecule has 0 amide bonds. The number of halogens is 9. The highest BCUT2D eigenvalue weighted by molar-refractivity contribution is 9.10. The summed E-state index contributed by atoms with van der Waals surface area (Å²) in [6.07, 6.45) is -4.71. The summed E-state index contributed by atoms with van der Waals surface area (Å²) in [6.45, 7) is 21.6. The van der Waals surface area contributed by atoms with Gasteiger partial charge in [0.1, 0.15) is 23.3 Å². The van der Waals surface area contributed by atoms with Gasteiger partial charge in [0.25, 0.3) is 0 Å². The van der Waals surface area contributed by atoms with Gasteiger partial charge >= 0.3 is 19.5 Å². The van der Waals surface area contributed by atoms with Crippen LogP contribution in [0.4, 0.5) is 46.5 Å². The number of aryl methyl sites for hydroxylation is 4. The Hall–Kier alpha value is -6.36. The molecule has 0 saturated carbocycles. The maximum atomic E-state index is 14.8. The monoisotopic (exact) mass is 1220 g/mol. The van der Waals surface area contributed by atoms with Crippen molar-refractivity contribution in [1.82, 2.24) is 37.5 Å². The molecule has 7 heterocycles. The van der Waals surface area contributed by atoms with Crippen LogP contribution in [0.15, 0.2) is 65.4 Å². The molecule has 0 spiro atoms. The van der Waals surface area contributed by atoms with Crippen molar-refractivity contribution >= 4 is 81.7 Å². The summed E-state index contributed by atoms with van der Waals surface area (Å²) in [6, 6.07) is 10.3. The van der Waals surface area contributed by atoms with E-state index >= 15 is 0 Å². The first-order valence-corrected chi connectivity index (χ1v) is 29.0. The second kappa shape index (κ2) is 18.9. The maximum absolute atomic E-state index is 14.8. The van der Waals surface area contributed by atoms with E-state index in [0.717, 1.165) is 38.2 Å². The van der Waals surface area contributed by atoms with Crippen LogP contribution in [0.5, 0.6) is 0 Å². The predicted molar refractivity (Wildman–Crippen MR) is 292 cm³/mol. The highest BCUT2D eigenvalue weighted by atomic mass is 79.9. The molecule has 4 aromatic carbocycles. The predicted octanol–water partition coefficient (Wildman–Crippen LogP) is 11.3. The number of nitrogens with zero attached hydrogens (tertiary/aromatic N) is 8. The number of nitrogens with one attached hydrogen (secondary N) is 2. The zero-order chi connectivity index (χ0) is 59.3. The molecule has 1 saturated heterocycles. The lowest BCUT2D eigenvalue weighted by atomic mass is 9.77. The summed E-state index contributed by atoms with van der Waals surface area (Å²) in [5.74, 6) is 0.0582. The molecular weight excluding hydrogens is 1170 g/mol. The van der Waals surface area contributed by atoms with E-state index in [-0.39, 0.29) is 54.9 Å². The normalized spacial score (nSPS) is 16.9. The van der Waals surface area contributed by atoms with Gasteiger partial charge in [0, 0.05) is 27.6 Å². The standard InChI is InChI=1S/C23H21F4N5O2S.C15H19BFNO4S.C14H14BrF3N4/c1-11-8-16(15-9-13(24)10-17-14(15)6-7-31(17)35(5,33)34)18(23(25,26)27)20-19(11)28-22(3,4)21-30-29-12(2)32(20)21;1-14(2)15(3,4)22-16(21-14)12-8-10(17)9-13-11(12)6-7-18(13)23(5,19)20;1-6-5-8(15)9(14(16,17)18)11-10(6)19-13(3,4)12-21-20-7(2)22(11)12/h6-10,28H,1-5H3;6-9H,1-5H3;5,19H,1-4H3. The molecule has 2 N–H and O–H groups in total. The molecule has 8 aromatic rings. The Morgan fingerprint density at radius 3 is 1.44 bits per heavy atom. The molecule has 3 aliphatic rings. The quantitative estimate of drug-likeness (QED) is 0.126. The average Bonchev–Trinajstić information content (AvgIpc) is 4.31. The molecule has 28 heteroatoms. The van der Waals surface area contributed by atoms with Gasteiger partial charge in [0.15, 0.2) is 11.6 Å². The van der Waals surface area contributed by atoms with Crippen molar-refractivity contribution in [3.05, 3.63) is 123 Å². The van der Waals surface area contributed by atoms with E-state index in [2.05, 4.69) is 47.0 Å². The van der Waals surface area contributed by atoms with Crippen LogP contribution < -0.4 is 16.1 Å². The van der Waals surface area contributed by atoms with Gasteiger partial charge in [-0.25, -0.2) is 33.6 Å². The van der Waals surface area contributed by atoms with Gasteiger partial charge in [0.05, 0.1) is 79.7 Å². The number of aromatic nitrogens is 8. The Balaban J connectivity index is 0.000000151. The number of anilines is 2. The first-order chi connectivity index (χ1) is 36.6. The minimum absolute atomic E-state index is 0.0109. The van der Waals surface area contributed by atoms with Gasteiger partial charge in [-0.05, 0) is 159 Å². The zero-order valence-corrected chi connectivity index (χ0v) is 48.8. The Bertz CT molecular complexity index is 4110. The van der Waals surface area contributed by atoms with Crippen LogP contribution in [0.1, 0.15) is 101 Å². The number of hydrogen-bond acceptors (Lipinski definition) is 12. The van der Waals surface area contributed by atoms with E-state index in [1.165, 1.54) is 51.9 Å². The maximum Gasteiger partial charge on any atom is 0.495 e. The van der Waals surface area contributed by atoms with E-state index in [0.29, 0.717) is 39.6 Å². The van der Waals surface area contributed by atoms with Crippen molar-refractivity contribution in [3.63, 3.8) is 0 Å². The molecule has 0 atom stereocenters. The number of alkyl halides is 6. The minimum atomic E-state index is -4.84. The van der Waals surface area contributed by atoms with Crippen molar-refractivity contribution < 1.29 is 61.3 Å². The van der Waals surface area contributed by atoms with E-state index < -0.39 is 84.6 Å². The fourth-order valence-electron chi connectivity index (χ4n) is 10.3. The molecule has 0 radical (unpaired) electrons. The molecule has 0 bridgehead atoms. The van der Waals surface area contributed by atoms with Crippen LogP contribution in [-0.2, 0) is 52.8 Å². The molecule has 3 aliphatic heterocycles. The van der Waals surface area contributed by atoms with Crippen LogP contribution in [-0.4, -0.2) is 85.1 Å². The SMILES string of the molecule is CC1(C)OB(c2cc(F)cc3c2ccn3S(C)(=O)=O)OC1(C)C.Cc1cc(-c2cc(F)cc3c2ccn3S(C)(=O)=O)c(C(F)(F)F)c2c1NC(C)(C)c1nnc(C)n1-2.Cc1cc(Br)c(C(F)(F)F)c2c1NC(C)(C)c1nnc(C)n1-2. The first-order valence-electron chi connectivity index (χ1n) is 24.5. The van der Waals surface area contributed by atoms with Crippen molar-refractivity contribution in [1.29, 1.82) is 0 Å². The van der Waals surface area contributed by atoms with E-state index in [1.807, 2.05) is 41.5 Å². The molecule has 4 aromatic heterocycles. The summed E-state index contributed by atoms with van der Waals surface area (Å²) >= 11 is 3.05. The average molecular weight is 1220 g/mol. The summed E-state index contributed by atoms with van der Waals surface area (Å²) in [5.41, 5.74) is -2.07. The van der Waals surface area contributed by atoms with Gasteiger partial charge in [-0.1, -0.05) is 15.9 Å². The minimum Gasteiger partial charge on any atom is -0.399 e. The van der Waals surface area contributed by atoms with E-state index in [9.17, 15) is 52.0 Å². The van der Waals surface area contributed by atoms with Crippen LogP contribution >= 0.6 is 15.9 Å². The Morgan fingerprint density at radius 1 is 0.575 bits per heavy atom. The first kappa shape index (κ1) is 58.3. The second-order valence-corrected chi connectivity index (χ2v) is 26.6. The van der Waals surface area contributed by atoms with Crippen molar-refractivity contribution in [2.45, 2.75) is 118 Å². The molecule has 0 aliphatic carbocycles. The summed E-state index contributed by atoms with van der Waals surface area (Å²) in [7, 11) is -8.09. The molecular formula is C52H54BBrF8N10O6S2. The molecule has 426 valence electrons. The van der Waals surface area contributed by atoms with Gasteiger partial charge in [-0.15, -0.1) is 20.4 Å². The van der Waals surface area contributed by atoms with Gasteiger partial charge in [-0.2, -0.15) is 26.3 Å². The van der Waals surface area contributed by atoms with E-state index in [4.69, 9.17) is 9.31 Å². The highest BCUT2D eigenvalue weighted by Gasteiger charge is 2.53. The third-order valence-electron chi connectivity index (χ3n) is 14.6. The van der Waals surface area contributed by atoms with Gasteiger partial charge in [-0.3, -0.25) is 9.13 Å². The topological polar surface area (TPSA) is 182 Å². The smallest absolute Gasteiger partial charge is 0.399 e. The lowest BCUT2D eigenvalue weighted by Crippen LogP contribution is -2.41. The molecule has 0 unspecified atom stereocenters. The van der Waals surface area contributed by atoms with Crippen LogP contribution in [0.25, 0.3) is 44.3 Å². The molecule has 11 rings (SSSR count). The van der Waals surface area contributed by atoms with Gasteiger partial charge < -0.3 is 19.9 Å². The largest absolute Gasteiger partial charge is 0.495 e. The Morgan fingerprint density at radius 2 is 0.988 bits per heavy atom. The lowest BCUT2D eigenvalue weighted by molar-refractivity contribution is -0.138. The Labute approximate surface area is 464 Å². The number of benzene rings is 4. The zero-order valence-electron chi connectivity index (χ0n) is 45.6.